The van der Waals surface area contributed by atoms with Gasteiger partial charge in [-0.1, -0.05) is 5.16 Å². The first-order valence-electron chi connectivity index (χ1n) is 3.79. The Bertz CT molecular complexity index is 175. The molecule has 1 fully saturated rings. The highest BCUT2D eigenvalue weighted by Gasteiger charge is 2.32. The molecule has 0 bridgehead atoms. The second-order valence-corrected chi connectivity index (χ2v) is 2.78. The van der Waals surface area contributed by atoms with E-state index in [1.165, 1.54) is 0 Å². The fourth-order valence-electron chi connectivity index (χ4n) is 1.26. The van der Waals surface area contributed by atoms with E-state index in [0.717, 1.165) is 12.1 Å². The molecule has 0 aromatic carbocycles. The van der Waals surface area contributed by atoms with Gasteiger partial charge < -0.3 is 14.3 Å². The Morgan fingerprint density at radius 1 is 1.36 bits per heavy atom. The predicted molar refractivity (Wildman–Crippen MR) is 38.3 cm³/mol. The maximum Gasteiger partial charge on any atom is 0.197 e. The first-order chi connectivity index (χ1) is 5.36. The maximum atomic E-state index is 5.26. The van der Waals surface area contributed by atoms with Crippen LogP contribution in [0.25, 0.3) is 0 Å². The van der Waals surface area contributed by atoms with Gasteiger partial charge in [0, 0.05) is 6.42 Å². The largest absolute Gasteiger partial charge is 0.387 e. The average molecular weight is 157 g/mol. The topological polar surface area (TPSA) is 40.0 Å². The van der Waals surface area contributed by atoms with E-state index >= 15 is 0 Å². The van der Waals surface area contributed by atoms with E-state index in [1.807, 2.05) is 6.92 Å². The van der Waals surface area contributed by atoms with Gasteiger partial charge in [0.1, 0.15) is 0 Å². The van der Waals surface area contributed by atoms with Crippen LogP contribution in [0.5, 0.6) is 0 Å². The summed E-state index contributed by atoms with van der Waals surface area (Å²) in [5.74, 6) is 0. The van der Waals surface area contributed by atoms with Crippen LogP contribution in [-0.2, 0) is 14.3 Å². The van der Waals surface area contributed by atoms with Gasteiger partial charge in [0.2, 0.25) is 0 Å². The summed E-state index contributed by atoms with van der Waals surface area (Å²) in [5, 5.41) is 3.82. The third-order valence-corrected chi connectivity index (χ3v) is 1.79. The number of oxime groups is 1. The summed E-state index contributed by atoms with van der Waals surface area (Å²) >= 11 is 0. The minimum absolute atomic E-state index is 0.0162. The Morgan fingerprint density at radius 3 is 2.64 bits per heavy atom. The quantitative estimate of drug-likeness (QED) is 0.557. The summed E-state index contributed by atoms with van der Waals surface area (Å²) in [5.41, 5.74) is 1.01. The molecular formula is C7H11NO3. The van der Waals surface area contributed by atoms with Crippen LogP contribution in [0.15, 0.2) is 5.16 Å². The minimum Gasteiger partial charge on any atom is -0.387 e. The van der Waals surface area contributed by atoms with E-state index < -0.39 is 0 Å². The monoisotopic (exact) mass is 157 g/mol. The molecule has 0 aromatic heterocycles. The smallest absolute Gasteiger partial charge is 0.197 e. The summed E-state index contributed by atoms with van der Waals surface area (Å²) in [4.78, 5) is 5.09. The second-order valence-electron chi connectivity index (χ2n) is 2.78. The molecule has 1 atom stereocenters. The molecule has 2 heterocycles. The molecule has 0 unspecified atom stereocenters. The zero-order valence-electron chi connectivity index (χ0n) is 6.45. The molecule has 0 aromatic rings. The second kappa shape index (κ2) is 2.79. The van der Waals surface area contributed by atoms with E-state index in [0.29, 0.717) is 13.2 Å². The van der Waals surface area contributed by atoms with Crippen molar-refractivity contribution >= 4 is 5.71 Å². The molecule has 0 amide bonds. The lowest BCUT2D eigenvalue weighted by molar-refractivity contribution is -0.132. The highest BCUT2D eigenvalue weighted by molar-refractivity contribution is 5.82. The van der Waals surface area contributed by atoms with Gasteiger partial charge in [-0.05, 0) is 6.92 Å². The predicted octanol–water partition coefficient (Wildman–Crippen LogP) is 0.524. The third-order valence-electron chi connectivity index (χ3n) is 1.79. The molecule has 0 radical (unpaired) electrons. The number of hydrogen-bond donors (Lipinski definition) is 0. The van der Waals surface area contributed by atoms with Crippen LogP contribution in [0.4, 0.5) is 0 Å². The first-order valence-corrected chi connectivity index (χ1v) is 3.79. The number of ether oxygens (including phenoxy) is 2. The molecule has 0 aliphatic carbocycles. The lowest BCUT2D eigenvalue weighted by Crippen LogP contribution is -2.26. The van der Waals surface area contributed by atoms with Crippen LogP contribution in [0.3, 0.4) is 0 Å². The van der Waals surface area contributed by atoms with Gasteiger partial charge in [-0.15, -0.1) is 0 Å². The maximum absolute atomic E-state index is 5.26. The Balaban J connectivity index is 1.88. The SMILES string of the molecule is CC1=NO[C@H](C2OCCO2)C1. The van der Waals surface area contributed by atoms with E-state index in [2.05, 4.69) is 5.16 Å². The Kier molecular flexibility index (Phi) is 1.79. The lowest BCUT2D eigenvalue weighted by atomic mass is 10.2. The Morgan fingerprint density at radius 2 is 2.09 bits per heavy atom. The Hall–Kier alpha value is -0.610. The van der Waals surface area contributed by atoms with E-state index in [9.17, 15) is 0 Å². The normalized spacial score (nSPS) is 32.1. The third kappa shape index (κ3) is 1.36. The zero-order chi connectivity index (χ0) is 7.68. The van der Waals surface area contributed by atoms with Gasteiger partial charge >= 0.3 is 0 Å². The number of nitrogens with zero attached hydrogens (tertiary/aromatic N) is 1. The van der Waals surface area contributed by atoms with Gasteiger partial charge in [0.05, 0.1) is 18.9 Å². The molecule has 4 heteroatoms. The molecule has 0 N–H and O–H groups in total. The molecule has 2 rings (SSSR count). The molecule has 62 valence electrons. The van der Waals surface area contributed by atoms with Crippen molar-refractivity contribution in [2.75, 3.05) is 13.2 Å². The van der Waals surface area contributed by atoms with Crippen molar-refractivity contribution in [3.63, 3.8) is 0 Å². The van der Waals surface area contributed by atoms with Crippen LogP contribution < -0.4 is 0 Å². The van der Waals surface area contributed by atoms with Crippen molar-refractivity contribution in [3.8, 4) is 0 Å². The molecule has 2 aliphatic heterocycles. The summed E-state index contributed by atoms with van der Waals surface area (Å²) in [6.45, 7) is 3.28. The highest BCUT2D eigenvalue weighted by Crippen LogP contribution is 2.19. The number of hydrogen-bond acceptors (Lipinski definition) is 4. The van der Waals surface area contributed by atoms with Crippen LogP contribution in [-0.4, -0.2) is 31.3 Å². The van der Waals surface area contributed by atoms with Crippen molar-refractivity contribution in [3.05, 3.63) is 0 Å². The van der Waals surface area contributed by atoms with Gasteiger partial charge in [-0.25, -0.2) is 0 Å². The van der Waals surface area contributed by atoms with E-state index in [-0.39, 0.29) is 12.4 Å². The van der Waals surface area contributed by atoms with Gasteiger partial charge in [0.25, 0.3) is 0 Å². The fraction of sp³-hybridized carbons (Fsp3) is 0.857. The van der Waals surface area contributed by atoms with Crippen LogP contribution in [0.2, 0.25) is 0 Å². The van der Waals surface area contributed by atoms with Crippen LogP contribution >= 0.6 is 0 Å². The van der Waals surface area contributed by atoms with Gasteiger partial charge in [-0.3, -0.25) is 0 Å². The average Bonchev–Trinajstić information content (AvgIpc) is 2.55. The van der Waals surface area contributed by atoms with Gasteiger partial charge in [0.15, 0.2) is 12.4 Å². The highest BCUT2D eigenvalue weighted by atomic mass is 16.8. The standard InChI is InChI=1S/C7H11NO3/c1-5-4-6(11-8-5)7-9-2-3-10-7/h6-7H,2-4H2,1H3/t6-/m0/s1. The van der Waals surface area contributed by atoms with Crippen LogP contribution in [0.1, 0.15) is 13.3 Å². The van der Waals surface area contributed by atoms with Gasteiger partial charge in [-0.2, -0.15) is 0 Å². The van der Waals surface area contributed by atoms with E-state index in [1.54, 1.807) is 0 Å². The molecule has 2 aliphatic rings. The molecule has 1 saturated heterocycles. The molecule has 4 nitrogen and oxygen atoms in total. The number of rotatable bonds is 1. The summed E-state index contributed by atoms with van der Waals surface area (Å²) < 4.78 is 10.5. The van der Waals surface area contributed by atoms with Crippen LogP contribution in [0, 0.1) is 0 Å². The molecular weight excluding hydrogens is 146 g/mol. The molecule has 0 saturated carbocycles. The van der Waals surface area contributed by atoms with E-state index in [4.69, 9.17) is 14.3 Å². The molecule has 11 heavy (non-hydrogen) atoms. The Labute approximate surface area is 65.1 Å². The van der Waals surface area contributed by atoms with Crippen molar-refractivity contribution in [2.24, 2.45) is 5.16 Å². The fourth-order valence-corrected chi connectivity index (χ4v) is 1.26. The zero-order valence-corrected chi connectivity index (χ0v) is 6.45. The lowest BCUT2D eigenvalue weighted by Gasteiger charge is -2.13. The van der Waals surface area contributed by atoms with Crippen molar-refractivity contribution in [1.29, 1.82) is 0 Å². The van der Waals surface area contributed by atoms with Crippen molar-refractivity contribution in [1.82, 2.24) is 0 Å². The summed E-state index contributed by atoms with van der Waals surface area (Å²) in [7, 11) is 0. The summed E-state index contributed by atoms with van der Waals surface area (Å²) in [6, 6.07) is 0. The van der Waals surface area contributed by atoms with Crippen molar-refractivity contribution < 1.29 is 14.3 Å². The van der Waals surface area contributed by atoms with Crippen molar-refractivity contribution in [2.45, 2.75) is 25.7 Å². The summed E-state index contributed by atoms with van der Waals surface area (Å²) in [6.07, 6.45) is 0.610. The first kappa shape index (κ1) is 7.06. The minimum atomic E-state index is -0.198. The molecule has 0 spiro atoms.